The first kappa shape index (κ1) is 18.7. The number of aromatic nitrogens is 1. The van der Waals surface area contributed by atoms with Gasteiger partial charge >= 0.3 is 0 Å². The zero-order valence-corrected chi connectivity index (χ0v) is 15.6. The van der Waals surface area contributed by atoms with Crippen molar-refractivity contribution in [2.75, 3.05) is 6.61 Å². The van der Waals surface area contributed by atoms with E-state index in [4.69, 9.17) is 16.3 Å². The van der Waals surface area contributed by atoms with Crippen LogP contribution in [0.1, 0.15) is 21.7 Å². The largest absolute Gasteiger partial charge is 0.484 e. The van der Waals surface area contributed by atoms with Gasteiger partial charge in [-0.1, -0.05) is 29.8 Å². The summed E-state index contributed by atoms with van der Waals surface area (Å²) in [6.45, 7) is 3.60. The van der Waals surface area contributed by atoms with Gasteiger partial charge in [0.15, 0.2) is 6.61 Å². The standard InChI is InChI=1S/C20H17ClN2O4/c1-13-10-17(14(2)22(13)15-6-4-3-5-7-15)19(24)12-27-20-9-8-16(23(25)26)11-18(20)21/h3-11H,12H2,1-2H3. The molecule has 2 aromatic carbocycles. The molecule has 0 spiro atoms. The van der Waals surface area contributed by atoms with Crippen molar-refractivity contribution >= 4 is 23.1 Å². The number of benzene rings is 2. The van der Waals surface area contributed by atoms with Crippen LogP contribution < -0.4 is 4.74 Å². The zero-order chi connectivity index (χ0) is 19.6. The maximum atomic E-state index is 12.6. The number of non-ortho nitro benzene ring substituents is 1. The van der Waals surface area contributed by atoms with Gasteiger partial charge in [0, 0.05) is 34.8 Å². The minimum absolute atomic E-state index is 0.0896. The molecule has 0 fully saturated rings. The number of nitrogens with zero attached hydrogens (tertiary/aromatic N) is 2. The summed E-state index contributed by atoms with van der Waals surface area (Å²) < 4.78 is 7.49. The predicted molar refractivity (Wildman–Crippen MR) is 103 cm³/mol. The van der Waals surface area contributed by atoms with E-state index in [1.54, 1.807) is 0 Å². The summed E-state index contributed by atoms with van der Waals surface area (Å²) in [4.78, 5) is 22.8. The molecule has 0 N–H and O–H groups in total. The second kappa shape index (κ2) is 7.63. The van der Waals surface area contributed by atoms with E-state index in [1.165, 1.54) is 18.2 Å². The molecule has 0 radical (unpaired) electrons. The maximum absolute atomic E-state index is 12.6. The molecule has 1 aromatic heterocycles. The first-order valence-electron chi connectivity index (χ1n) is 8.23. The smallest absolute Gasteiger partial charge is 0.271 e. The number of hydrogen-bond donors (Lipinski definition) is 0. The summed E-state index contributed by atoms with van der Waals surface area (Å²) in [6, 6.07) is 15.5. The molecule has 27 heavy (non-hydrogen) atoms. The molecular weight excluding hydrogens is 368 g/mol. The van der Waals surface area contributed by atoms with E-state index in [0.29, 0.717) is 5.56 Å². The number of halogens is 1. The highest BCUT2D eigenvalue weighted by Crippen LogP contribution is 2.29. The van der Waals surface area contributed by atoms with Crippen molar-refractivity contribution in [1.29, 1.82) is 0 Å². The normalized spacial score (nSPS) is 10.6. The van der Waals surface area contributed by atoms with Crippen molar-refractivity contribution < 1.29 is 14.5 Å². The fourth-order valence-electron chi connectivity index (χ4n) is 2.96. The van der Waals surface area contributed by atoms with E-state index in [2.05, 4.69) is 0 Å². The van der Waals surface area contributed by atoms with E-state index in [-0.39, 0.29) is 28.8 Å². The maximum Gasteiger partial charge on any atom is 0.271 e. The number of rotatable bonds is 6. The van der Waals surface area contributed by atoms with Crippen molar-refractivity contribution in [2.24, 2.45) is 0 Å². The van der Waals surface area contributed by atoms with Gasteiger partial charge < -0.3 is 9.30 Å². The Bertz CT molecular complexity index is 1010. The lowest BCUT2D eigenvalue weighted by atomic mass is 10.1. The number of carbonyl (C=O) groups excluding carboxylic acids is 1. The molecule has 0 atom stereocenters. The van der Waals surface area contributed by atoms with Crippen molar-refractivity contribution in [1.82, 2.24) is 4.57 Å². The number of hydrogen-bond acceptors (Lipinski definition) is 4. The van der Waals surface area contributed by atoms with Gasteiger partial charge in [-0.15, -0.1) is 0 Å². The second-order valence-corrected chi connectivity index (χ2v) is 6.45. The minimum Gasteiger partial charge on any atom is -0.484 e. The van der Waals surface area contributed by atoms with Gasteiger partial charge in [0.05, 0.1) is 9.95 Å². The number of ketones is 1. The number of aryl methyl sites for hydroxylation is 1. The topological polar surface area (TPSA) is 74.4 Å². The molecule has 138 valence electrons. The zero-order valence-electron chi connectivity index (χ0n) is 14.8. The molecule has 6 nitrogen and oxygen atoms in total. The number of nitro groups is 1. The Morgan fingerprint density at radius 1 is 1.15 bits per heavy atom. The second-order valence-electron chi connectivity index (χ2n) is 6.04. The Balaban J connectivity index is 1.79. The van der Waals surface area contributed by atoms with Crippen LogP contribution in [0.25, 0.3) is 5.69 Å². The van der Waals surface area contributed by atoms with Crippen LogP contribution in [0, 0.1) is 24.0 Å². The van der Waals surface area contributed by atoms with E-state index >= 15 is 0 Å². The average molecular weight is 385 g/mol. The van der Waals surface area contributed by atoms with Crippen LogP contribution in [-0.4, -0.2) is 21.9 Å². The summed E-state index contributed by atoms with van der Waals surface area (Å²) >= 11 is 6.00. The quantitative estimate of drug-likeness (QED) is 0.343. The summed E-state index contributed by atoms with van der Waals surface area (Å²) in [6.07, 6.45) is 0. The highest BCUT2D eigenvalue weighted by molar-refractivity contribution is 6.32. The monoisotopic (exact) mass is 384 g/mol. The predicted octanol–water partition coefficient (Wildman–Crippen LogP) is 4.92. The van der Waals surface area contributed by atoms with Crippen LogP contribution in [-0.2, 0) is 0 Å². The molecule has 7 heteroatoms. The average Bonchev–Trinajstić information content (AvgIpc) is 2.95. The van der Waals surface area contributed by atoms with E-state index in [0.717, 1.165) is 17.1 Å². The SMILES string of the molecule is Cc1cc(C(=O)COc2ccc([N+](=O)[O-])cc2Cl)c(C)n1-c1ccccc1. The lowest BCUT2D eigenvalue weighted by Crippen LogP contribution is -2.13. The number of ether oxygens (including phenoxy) is 1. The molecule has 0 unspecified atom stereocenters. The molecule has 3 rings (SSSR count). The summed E-state index contributed by atoms with van der Waals surface area (Å²) in [5.74, 6) is 0.0344. The van der Waals surface area contributed by atoms with Crippen LogP contribution in [0.3, 0.4) is 0 Å². The molecule has 0 saturated carbocycles. The van der Waals surface area contributed by atoms with Gasteiger partial charge in [-0.25, -0.2) is 0 Å². The number of nitro benzene ring substituents is 1. The molecule has 0 saturated heterocycles. The first-order chi connectivity index (χ1) is 12.9. The summed E-state index contributed by atoms with van der Waals surface area (Å²) in [5, 5.41) is 10.8. The molecule has 0 bridgehead atoms. The van der Waals surface area contributed by atoms with Crippen LogP contribution in [0.5, 0.6) is 5.75 Å². The number of Topliss-reactive ketones (excluding diaryl/α,β-unsaturated/α-hetero) is 1. The van der Waals surface area contributed by atoms with E-state index < -0.39 is 4.92 Å². The third-order valence-corrected chi connectivity index (χ3v) is 4.53. The van der Waals surface area contributed by atoms with E-state index in [9.17, 15) is 14.9 Å². The van der Waals surface area contributed by atoms with Gasteiger partial charge in [-0.05, 0) is 38.1 Å². The lowest BCUT2D eigenvalue weighted by molar-refractivity contribution is -0.384. The van der Waals surface area contributed by atoms with Gasteiger partial charge in [0.25, 0.3) is 5.69 Å². The van der Waals surface area contributed by atoms with E-state index in [1.807, 2.05) is 54.8 Å². The Hall–Kier alpha value is -3.12. The Morgan fingerprint density at radius 3 is 2.48 bits per heavy atom. The first-order valence-corrected chi connectivity index (χ1v) is 8.60. The summed E-state index contributed by atoms with van der Waals surface area (Å²) in [5.41, 5.74) is 3.17. The van der Waals surface area contributed by atoms with Crippen molar-refractivity contribution in [3.8, 4) is 11.4 Å². The van der Waals surface area contributed by atoms with Gasteiger partial charge in [0.1, 0.15) is 5.75 Å². The van der Waals surface area contributed by atoms with Crippen molar-refractivity contribution in [3.05, 3.63) is 86.7 Å². The molecular formula is C20H17ClN2O4. The summed E-state index contributed by atoms with van der Waals surface area (Å²) in [7, 11) is 0. The Kier molecular flexibility index (Phi) is 5.28. The van der Waals surface area contributed by atoms with Crippen molar-refractivity contribution in [2.45, 2.75) is 13.8 Å². The van der Waals surface area contributed by atoms with Crippen LogP contribution in [0.15, 0.2) is 54.6 Å². The number of para-hydroxylation sites is 1. The fourth-order valence-corrected chi connectivity index (χ4v) is 3.19. The molecule has 0 aliphatic heterocycles. The Labute approximate surface area is 161 Å². The fraction of sp³-hybridized carbons (Fsp3) is 0.150. The number of carbonyl (C=O) groups is 1. The molecule has 0 aliphatic rings. The Morgan fingerprint density at radius 2 is 1.85 bits per heavy atom. The van der Waals surface area contributed by atoms with Gasteiger partial charge in [0.2, 0.25) is 5.78 Å². The van der Waals surface area contributed by atoms with Gasteiger partial charge in [-0.3, -0.25) is 14.9 Å². The molecule has 3 aromatic rings. The minimum atomic E-state index is -0.542. The highest BCUT2D eigenvalue weighted by Gasteiger charge is 2.18. The molecule has 0 aliphatic carbocycles. The van der Waals surface area contributed by atoms with Crippen LogP contribution in [0.4, 0.5) is 5.69 Å². The highest BCUT2D eigenvalue weighted by atomic mass is 35.5. The third kappa shape index (κ3) is 3.85. The van der Waals surface area contributed by atoms with Crippen LogP contribution in [0.2, 0.25) is 5.02 Å². The molecule has 1 heterocycles. The van der Waals surface area contributed by atoms with Gasteiger partial charge in [-0.2, -0.15) is 0 Å². The van der Waals surface area contributed by atoms with Crippen molar-refractivity contribution in [3.63, 3.8) is 0 Å². The third-order valence-electron chi connectivity index (χ3n) is 4.23. The lowest BCUT2D eigenvalue weighted by Gasteiger charge is -2.10. The van der Waals surface area contributed by atoms with Crippen LogP contribution >= 0.6 is 11.6 Å². The molecule has 0 amide bonds.